The van der Waals surface area contributed by atoms with E-state index in [9.17, 15) is 4.79 Å². The number of carbonyl (C=O) groups is 1. The summed E-state index contributed by atoms with van der Waals surface area (Å²) >= 11 is 0. The number of aryl methyl sites for hydroxylation is 3. The van der Waals surface area contributed by atoms with Gasteiger partial charge in [0.2, 0.25) is 5.91 Å². The van der Waals surface area contributed by atoms with Crippen molar-refractivity contribution in [1.29, 1.82) is 0 Å². The zero-order chi connectivity index (χ0) is 20.0. The SMILES string of the molecule is Cc1nc2ncnn2c(N2CCC[C@H](C(=O)Nc3ccc4c(c3)CCC4)C2)c1C. The van der Waals surface area contributed by atoms with Gasteiger partial charge in [0.1, 0.15) is 12.1 Å². The molecule has 150 valence electrons. The first-order chi connectivity index (χ1) is 14.1. The number of amides is 1. The molecule has 1 aromatic carbocycles. The van der Waals surface area contributed by atoms with E-state index in [1.807, 2.05) is 13.0 Å². The molecule has 1 fully saturated rings. The van der Waals surface area contributed by atoms with Gasteiger partial charge in [-0.25, -0.2) is 4.98 Å². The highest BCUT2D eigenvalue weighted by atomic mass is 16.1. The van der Waals surface area contributed by atoms with Gasteiger partial charge in [0.15, 0.2) is 0 Å². The lowest BCUT2D eigenvalue weighted by Gasteiger charge is -2.34. The molecular weight excluding hydrogens is 364 g/mol. The number of fused-ring (bicyclic) bond motifs is 2. The van der Waals surface area contributed by atoms with E-state index in [1.165, 1.54) is 23.9 Å². The molecule has 7 heteroatoms. The molecule has 0 unspecified atom stereocenters. The molecule has 3 aromatic rings. The molecule has 0 bridgehead atoms. The average Bonchev–Trinajstić information content (AvgIpc) is 3.37. The molecule has 7 nitrogen and oxygen atoms in total. The van der Waals surface area contributed by atoms with Gasteiger partial charge in [-0.3, -0.25) is 4.79 Å². The molecule has 5 rings (SSSR count). The number of aromatic nitrogens is 4. The molecule has 1 amide bonds. The minimum Gasteiger partial charge on any atom is -0.355 e. The van der Waals surface area contributed by atoms with Crippen LogP contribution in [0.5, 0.6) is 0 Å². The van der Waals surface area contributed by atoms with Crippen LogP contribution in [0, 0.1) is 19.8 Å². The Bertz CT molecular complexity index is 1090. The lowest BCUT2D eigenvalue weighted by Crippen LogP contribution is -2.42. The van der Waals surface area contributed by atoms with Gasteiger partial charge in [-0.15, -0.1) is 0 Å². The minimum absolute atomic E-state index is 0.0524. The third kappa shape index (κ3) is 3.24. The molecule has 0 spiro atoms. The number of piperidine rings is 1. The van der Waals surface area contributed by atoms with E-state index in [0.717, 1.165) is 55.0 Å². The number of hydrogen-bond acceptors (Lipinski definition) is 5. The molecule has 1 aliphatic heterocycles. The molecule has 3 heterocycles. The molecule has 1 saturated heterocycles. The van der Waals surface area contributed by atoms with Gasteiger partial charge in [-0.1, -0.05) is 6.07 Å². The van der Waals surface area contributed by atoms with Crippen molar-refractivity contribution >= 4 is 23.2 Å². The molecule has 1 aliphatic carbocycles. The summed E-state index contributed by atoms with van der Waals surface area (Å²) in [6.45, 7) is 5.64. The van der Waals surface area contributed by atoms with Gasteiger partial charge < -0.3 is 10.2 Å². The Balaban J connectivity index is 1.36. The number of carbonyl (C=O) groups excluding carboxylic acids is 1. The second kappa shape index (κ2) is 7.13. The van der Waals surface area contributed by atoms with Crippen molar-refractivity contribution in [2.75, 3.05) is 23.3 Å². The Morgan fingerprint density at radius 1 is 1.17 bits per heavy atom. The zero-order valence-corrected chi connectivity index (χ0v) is 17.0. The highest BCUT2D eigenvalue weighted by Crippen LogP contribution is 2.29. The monoisotopic (exact) mass is 390 g/mol. The van der Waals surface area contributed by atoms with Crippen LogP contribution in [0.4, 0.5) is 11.5 Å². The van der Waals surface area contributed by atoms with Gasteiger partial charge in [0.25, 0.3) is 5.78 Å². The first kappa shape index (κ1) is 18.1. The fraction of sp³-hybridized carbons (Fsp3) is 0.455. The summed E-state index contributed by atoms with van der Waals surface area (Å²) in [6.07, 6.45) is 6.89. The summed E-state index contributed by atoms with van der Waals surface area (Å²) in [6, 6.07) is 6.35. The summed E-state index contributed by atoms with van der Waals surface area (Å²) in [5.41, 5.74) is 5.76. The molecule has 0 saturated carbocycles. The highest BCUT2D eigenvalue weighted by Gasteiger charge is 2.29. The molecule has 0 radical (unpaired) electrons. The van der Waals surface area contributed by atoms with Gasteiger partial charge >= 0.3 is 0 Å². The molecule has 2 aromatic heterocycles. The van der Waals surface area contributed by atoms with Crippen LogP contribution in [0.3, 0.4) is 0 Å². The lowest BCUT2D eigenvalue weighted by molar-refractivity contribution is -0.120. The van der Waals surface area contributed by atoms with Crippen LogP contribution in [0.25, 0.3) is 5.78 Å². The van der Waals surface area contributed by atoms with E-state index in [4.69, 9.17) is 0 Å². The number of anilines is 2. The number of hydrogen-bond donors (Lipinski definition) is 1. The second-order valence-electron chi connectivity index (χ2n) is 8.23. The third-order valence-corrected chi connectivity index (χ3v) is 6.33. The standard InChI is InChI=1S/C22H26N6O/c1-14-15(2)25-22-23-13-24-28(22)21(14)27-10-4-7-18(12-27)20(29)26-19-9-8-16-5-3-6-17(16)11-19/h8-9,11,13,18H,3-7,10,12H2,1-2H3,(H,26,29)/t18-/m0/s1. The average molecular weight is 390 g/mol. The maximum atomic E-state index is 13.0. The maximum Gasteiger partial charge on any atom is 0.254 e. The van der Waals surface area contributed by atoms with Crippen molar-refractivity contribution < 1.29 is 4.79 Å². The van der Waals surface area contributed by atoms with Crippen molar-refractivity contribution in [1.82, 2.24) is 19.6 Å². The first-order valence-electron chi connectivity index (χ1n) is 10.4. The van der Waals surface area contributed by atoms with Crippen molar-refractivity contribution in [3.8, 4) is 0 Å². The Labute approximate surface area is 170 Å². The smallest absolute Gasteiger partial charge is 0.254 e. The van der Waals surface area contributed by atoms with E-state index >= 15 is 0 Å². The predicted molar refractivity (Wildman–Crippen MR) is 112 cm³/mol. The van der Waals surface area contributed by atoms with E-state index in [1.54, 1.807) is 4.52 Å². The number of rotatable bonds is 3. The van der Waals surface area contributed by atoms with Crippen molar-refractivity contribution in [3.05, 3.63) is 46.9 Å². The van der Waals surface area contributed by atoms with Gasteiger partial charge in [0, 0.05) is 30.0 Å². The number of nitrogens with zero attached hydrogens (tertiary/aromatic N) is 5. The summed E-state index contributed by atoms with van der Waals surface area (Å²) in [5.74, 6) is 1.65. The molecule has 2 aliphatic rings. The molecular formula is C22H26N6O. The summed E-state index contributed by atoms with van der Waals surface area (Å²) in [5, 5.41) is 7.53. The van der Waals surface area contributed by atoms with E-state index < -0.39 is 0 Å². The van der Waals surface area contributed by atoms with Crippen LogP contribution in [0.15, 0.2) is 24.5 Å². The van der Waals surface area contributed by atoms with Crippen LogP contribution in [-0.4, -0.2) is 38.6 Å². The van der Waals surface area contributed by atoms with Crippen molar-refractivity contribution in [3.63, 3.8) is 0 Å². The van der Waals surface area contributed by atoms with Gasteiger partial charge in [-0.05, 0) is 69.2 Å². The van der Waals surface area contributed by atoms with E-state index in [-0.39, 0.29) is 11.8 Å². The van der Waals surface area contributed by atoms with E-state index in [2.05, 4.69) is 44.3 Å². The number of benzene rings is 1. The first-order valence-corrected chi connectivity index (χ1v) is 10.4. The third-order valence-electron chi connectivity index (χ3n) is 6.33. The summed E-state index contributed by atoms with van der Waals surface area (Å²) in [4.78, 5) is 24.1. The second-order valence-corrected chi connectivity index (χ2v) is 8.23. The number of nitrogens with one attached hydrogen (secondary N) is 1. The fourth-order valence-corrected chi connectivity index (χ4v) is 4.66. The van der Waals surface area contributed by atoms with Crippen LogP contribution in [0.2, 0.25) is 0 Å². The lowest BCUT2D eigenvalue weighted by atomic mass is 9.96. The Hall–Kier alpha value is -2.96. The molecule has 29 heavy (non-hydrogen) atoms. The quantitative estimate of drug-likeness (QED) is 0.744. The predicted octanol–water partition coefficient (Wildman–Crippen LogP) is 3.08. The topological polar surface area (TPSA) is 75.4 Å². The van der Waals surface area contributed by atoms with Crippen LogP contribution in [-0.2, 0) is 17.6 Å². The van der Waals surface area contributed by atoms with Crippen molar-refractivity contribution in [2.45, 2.75) is 46.0 Å². The van der Waals surface area contributed by atoms with Crippen LogP contribution < -0.4 is 10.2 Å². The van der Waals surface area contributed by atoms with Crippen LogP contribution >= 0.6 is 0 Å². The summed E-state index contributed by atoms with van der Waals surface area (Å²) < 4.78 is 1.79. The van der Waals surface area contributed by atoms with E-state index in [0.29, 0.717) is 12.3 Å². The normalized spacial score (nSPS) is 18.8. The Morgan fingerprint density at radius 3 is 2.93 bits per heavy atom. The Morgan fingerprint density at radius 2 is 2.03 bits per heavy atom. The largest absolute Gasteiger partial charge is 0.355 e. The maximum absolute atomic E-state index is 13.0. The summed E-state index contributed by atoms with van der Waals surface area (Å²) in [7, 11) is 0. The fourth-order valence-electron chi connectivity index (χ4n) is 4.66. The Kier molecular flexibility index (Phi) is 4.45. The minimum atomic E-state index is -0.0524. The van der Waals surface area contributed by atoms with Crippen LogP contribution in [0.1, 0.15) is 41.6 Å². The van der Waals surface area contributed by atoms with Gasteiger partial charge in [-0.2, -0.15) is 14.6 Å². The van der Waals surface area contributed by atoms with Gasteiger partial charge in [0.05, 0.1) is 5.92 Å². The molecule has 1 atom stereocenters. The highest BCUT2D eigenvalue weighted by molar-refractivity contribution is 5.93. The molecule has 1 N–H and O–H groups in total. The zero-order valence-electron chi connectivity index (χ0n) is 17.0. The van der Waals surface area contributed by atoms with Crippen molar-refractivity contribution in [2.24, 2.45) is 5.92 Å².